The van der Waals surface area contributed by atoms with Crippen LogP contribution < -0.4 is 5.43 Å². The lowest BCUT2D eigenvalue weighted by molar-refractivity contribution is -0.385. The summed E-state index contributed by atoms with van der Waals surface area (Å²) in [6.45, 7) is 2.15. The second kappa shape index (κ2) is 8.88. The highest BCUT2D eigenvalue weighted by Crippen LogP contribution is 2.38. The molecule has 3 aromatic carbocycles. The van der Waals surface area contributed by atoms with Gasteiger partial charge in [0.1, 0.15) is 18.0 Å². The summed E-state index contributed by atoms with van der Waals surface area (Å²) >= 11 is 3.42. The van der Waals surface area contributed by atoms with Gasteiger partial charge in [-0.05, 0) is 53.6 Å². The highest BCUT2D eigenvalue weighted by atomic mass is 79.9. The maximum Gasteiger partial charge on any atom is 0.320 e. The number of carbonyl (C=O) groups excluding carboxylic acids is 1. The Kier molecular flexibility index (Phi) is 5.73. The minimum absolute atomic E-state index is 0.0117. The molecule has 2 heterocycles. The third-order valence-corrected chi connectivity index (χ3v) is 6.39. The summed E-state index contributed by atoms with van der Waals surface area (Å²) in [5, 5.41) is 29.8. The smallest absolute Gasteiger partial charge is 0.320 e. The molecule has 0 aliphatic carbocycles. The number of rotatable bonds is 5. The van der Waals surface area contributed by atoms with E-state index in [2.05, 4.69) is 26.5 Å². The fourth-order valence-corrected chi connectivity index (χ4v) is 4.51. The highest BCUT2D eigenvalue weighted by molar-refractivity contribution is 9.10. The van der Waals surface area contributed by atoms with E-state index in [0.29, 0.717) is 22.3 Å². The van der Waals surface area contributed by atoms with Crippen LogP contribution >= 0.6 is 15.9 Å². The number of amides is 1. The Labute approximate surface area is 208 Å². The minimum atomic E-state index is -0.743. The van der Waals surface area contributed by atoms with E-state index in [-0.39, 0.29) is 17.1 Å². The van der Waals surface area contributed by atoms with Crippen molar-refractivity contribution >= 4 is 44.0 Å². The van der Waals surface area contributed by atoms with Gasteiger partial charge in [0.05, 0.1) is 10.6 Å². The van der Waals surface area contributed by atoms with Crippen LogP contribution in [0.2, 0.25) is 0 Å². The van der Waals surface area contributed by atoms with Gasteiger partial charge in [0.25, 0.3) is 0 Å². The van der Waals surface area contributed by atoms with Crippen LogP contribution in [0, 0.1) is 10.1 Å². The number of aromatic nitrogens is 2. The van der Waals surface area contributed by atoms with Crippen molar-refractivity contribution in [2.75, 3.05) is 0 Å². The number of carbonyl (C=O) groups is 1. The van der Waals surface area contributed by atoms with Gasteiger partial charge in [0.15, 0.2) is 0 Å². The van der Waals surface area contributed by atoms with Crippen LogP contribution in [-0.2, 0) is 6.54 Å². The van der Waals surface area contributed by atoms with Crippen molar-refractivity contribution in [3.05, 3.63) is 104 Å². The zero-order valence-electron chi connectivity index (χ0n) is 18.6. The molecule has 9 nitrogen and oxygen atoms in total. The summed E-state index contributed by atoms with van der Waals surface area (Å²) in [6.07, 6.45) is 3.05. The lowest BCUT2D eigenvalue weighted by Crippen LogP contribution is -2.40. The molecule has 0 radical (unpaired) electrons. The van der Waals surface area contributed by atoms with Gasteiger partial charge in [-0.15, -0.1) is 0 Å². The first-order chi connectivity index (χ1) is 16.9. The third kappa shape index (κ3) is 4.12. The first kappa shape index (κ1) is 22.6. The van der Waals surface area contributed by atoms with Gasteiger partial charge in [-0.25, -0.2) is 5.01 Å². The van der Waals surface area contributed by atoms with Crippen molar-refractivity contribution in [1.29, 1.82) is 0 Å². The number of halogens is 1. The van der Waals surface area contributed by atoms with Crippen molar-refractivity contribution in [3.63, 3.8) is 0 Å². The molecule has 1 aromatic heterocycles. The monoisotopic (exact) mass is 533 g/mol. The van der Waals surface area contributed by atoms with Crippen LogP contribution in [0.5, 0.6) is 5.75 Å². The fraction of sp³-hybridized carbons (Fsp3) is 0.120. The van der Waals surface area contributed by atoms with Crippen LogP contribution in [0.1, 0.15) is 34.6 Å². The Morgan fingerprint density at radius 3 is 2.69 bits per heavy atom. The topological polar surface area (TPSA) is 114 Å². The Morgan fingerprint density at radius 2 is 1.94 bits per heavy atom. The van der Waals surface area contributed by atoms with Crippen LogP contribution in [0.15, 0.2) is 77.4 Å². The molecule has 0 fully saturated rings. The Hall–Kier alpha value is -4.18. The average Bonchev–Trinajstić information content (AvgIpc) is 3.50. The van der Waals surface area contributed by atoms with E-state index in [4.69, 9.17) is 0 Å². The molecule has 0 spiro atoms. The van der Waals surface area contributed by atoms with Gasteiger partial charge >= 0.3 is 11.6 Å². The van der Waals surface area contributed by atoms with Gasteiger partial charge in [0.2, 0.25) is 5.69 Å². The zero-order chi connectivity index (χ0) is 24.7. The molecule has 176 valence electrons. The number of hydrogen-bond acceptors (Lipinski definition) is 6. The first-order valence-electron chi connectivity index (χ1n) is 10.9. The summed E-state index contributed by atoms with van der Waals surface area (Å²) in [6, 6.07) is 18.0. The van der Waals surface area contributed by atoms with E-state index in [1.54, 1.807) is 19.1 Å². The van der Waals surface area contributed by atoms with Gasteiger partial charge in [0, 0.05) is 16.6 Å². The molecule has 4 aromatic rings. The van der Waals surface area contributed by atoms with E-state index in [9.17, 15) is 20.0 Å². The summed E-state index contributed by atoms with van der Waals surface area (Å²) in [4.78, 5) is 24.6. The highest BCUT2D eigenvalue weighted by Gasteiger charge is 2.37. The van der Waals surface area contributed by atoms with Gasteiger partial charge in [-0.1, -0.05) is 52.3 Å². The van der Waals surface area contributed by atoms with Crippen molar-refractivity contribution in [1.82, 2.24) is 20.2 Å². The van der Waals surface area contributed by atoms with Gasteiger partial charge < -0.3 is 5.11 Å². The normalized spacial score (nSPS) is 15.2. The standard InChI is InChI=1S/C25H20BrN5O4/c1-2-29-14-22(31(34)35)24(28-29)25(33)30-21(19-12-18(26)9-10-23(19)32)13-20(27-30)17-8-7-15-5-3-4-6-16(15)11-17/h3-14,21,27,32H,2H2,1H3. The summed E-state index contributed by atoms with van der Waals surface area (Å²) in [7, 11) is 0. The predicted octanol–water partition coefficient (Wildman–Crippen LogP) is 5.18. The second-order valence-electron chi connectivity index (χ2n) is 8.05. The zero-order valence-corrected chi connectivity index (χ0v) is 20.1. The quantitative estimate of drug-likeness (QED) is 0.270. The number of benzene rings is 3. The van der Waals surface area contributed by atoms with E-state index in [1.165, 1.54) is 22.0 Å². The Morgan fingerprint density at radius 1 is 1.17 bits per heavy atom. The Balaban J connectivity index is 1.61. The molecular weight excluding hydrogens is 514 g/mol. The molecule has 0 bridgehead atoms. The second-order valence-corrected chi connectivity index (χ2v) is 8.97. The third-order valence-electron chi connectivity index (χ3n) is 5.90. The number of nitrogens with one attached hydrogen (secondary N) is 1. The largest absolute Gasteiger partial charge is 0.508 e. The molecule has 1 amide bonds. The number of fused-ring (bicyclic) bond motifs is 1. The molecule has 0 saturated heterocycles. The maximum atomic E-state index is 13.6. The number of hydrazine groups is 1. The van der Waals surface area contributed by atoms with Gasteiger partial charge in [-0.3, -0.25) is 25.0 Å². The summed E-state index contributed by atoms with van der Waals surface area (Å²) < 4.78 is 2.07. The van der Waals surface area contributed by atoms with Crippen LogP contribution in [-0.4, -0.2) is 30.7 Å². The lowest BCUT2D eigenvalue weighted by atomic mass is 10.0. The number of hydrogen-bond donors (Lipinski definition) is 2. The van der Waals surface area contributed by atoms with Crippen molar-refractivity contribution in [2.24, 2.45) is 0 Å². The average molecular weight is 534 g/mol. The van der Waals surface area contributed by atoms with E-state index in [1.807, 2.05) is 48.5 Å². The first-order valence-corrected chi connectivity index (χ1v) is 11.7. The minimum Gasteiger partial charge on any atom is -0.508 e. The summed E-state index contributed by atoms with van der Waals surface area (Å²) in [5.41, 5.74) is 4.35. The molecule has 1 aliphatic heterocycles. The number of phenols is 1. The number of nitrogens with zero attached hydrogens (tertiary/aromatic N) is 4. The van der Waals surface area contributed by atoms with E-state index >= 15 is 0 Å². The summed E-state index contributed by atoms with van der Waals surface area (Å²) in [5.74, 6) is -0.692. The molecule has 5 rings (SSSR count). The molecule has 0 saturated carbocycles. The van der Waals surface area contributed by atoms with E-state index in [0.717, 1.165) is 16.3 Å². The maximum absolute atomic E-state index is 13.6. The van der Waals surface area contributed by atoms with Crippen LogP contribution in [0.4, 0.5) is 5.69 Å². The van der Waals surface area contributed by atoms with Crippen molar-refractivity contribution in [3.8, 4) is 5.75 Å². The molecule has 1 unspecified atom stereocenters. The van der Waals surface area contributed by atoms with Crippen LogP contribution in [0.25, 0.3) is 16.5 Å². The molecule has 2 N–H and O–H groups in total. The van der Waals surface area contributed by atoms with Crippen molar-refractivity contribution in [2.45, 2.75) is 19.5 Å². The number of aromatic hydroxyl groups is 1. The predicted molar refractivity (Wildman–Crippen MR) is 134 cm³/mol. The van der Waals surface area contributed by atoms with Crippen molar-refractivity contribution < 1.29 is 14.8 Å². The lowest BCUT2D eigenvalue weighted by Gasteiger charge is -2.25. The molecule has 35 heavy (non-hydrogen) atoms. The molecule has 1 aliphatic rings. The van der Waals surface area contributed by atoms with Crippen LogP contribution in [0.3, 0.4) is 0 Å². The molecular formula is C25H20BrN5O4. The fourth-order valence-electron chi connectivity index (χ4n) is 4.13. The van der Waals surface area contributed by atoms with E-state index < -0.39 is 16.9 Å². The van der Waals surface area contributed by atoms with Gasteiger partial charge in [-0.2, -0.15) is 5.10 Å². The molecule has 1 atom stereocenters. The number of aryl methyl sites for hydroxylation is 1. The number of nitro groups is 1. The SMILES string of the molecule is CCn1cc([N+](=O)[O-])c(C(=O)N2NC(c3ccc4ccccc4c3)=CC2c2cc(Br)ccc2O)n1. The Bertz CT molecular complexity index is 1510. The molecule has 10 heteroatoms. The number of phenolic OH excluding ortho intramolecular Hbond substituents is 1.